The Morgan fingerprint density at radius 3 is 3.00 bits per heavy atom. The topological polar surface area (TPSA) is 110 Å². The minimum atomic E-state index is -0.826. The molecule has 0 aliphatic heterocycles. The van der Waals surface area contributed by atoms with Gasteiger partial charge in [0.25, 0.3) is 11.0 Å². The molecule has 0 spiro atoms. The smallest absolute Gasteiger partial charge is 0.296 e. The summed E-state index contributed by atoms with van der Waals surface area (Å²) in [5.41, 5.74) is 1.46. The van der Waals surface area contributed by atoms with Crippen LogP contribution in [0.15, 0.2) is 49.1 Å². The van der Waals surface area contributed by atoms with Crippen LogP contribution in [0.3, 0.4) is 0 Å². The molecule has 2 aromatic heterocycles. The van der Waals surface area contributed by atoms with Crippen molar-refractivity contribution >= 4 is 5.91 Å². The average Bonchev–Trinajstić information content (AvgIpc) is 2.60. The zero-order valence-electron chi connectivity index (χ0n) is 13.8. The first-order valence-corrected chi connectivity index (χ1v) is 7.75. The van der Waals surface area contributed by atoms with Crippen LogP contribution in [0.5, 0.6) is 0 Å². The highest BCUT2D eigenvalue weighted by Crippen LogP contribution is 1.97. The van der Waals surface area contributed by atoms with Crippen molar-refractivity contribution in [1.29, 1.82) is 0 Å². The SMILES string of the molecule is CC(NCc1ccc[n+](CCNC(=O)c2cccnc2)c1)O[N+](=O)[O-]. The van der Waals surface area contributed by atoms with Crippen molar-refractivity contribution in [2.45, 2.75) is 26.2 Å². The van der Waals surface area contributed by atoms with Gasteiger partial charge in [0.2, 0.25) is 0 Å². The summed E-state index contributed by atoms with van der Waals surface area (Å²) in [6.07, 6.45) is 6.23. The average molecular weight is 346 g/mol. The lowest BCUT2D eigenvalue weighted by atomic mass is 10.2. The first-order valence-electron chi connectivity index (χ1n) is 7.75. The van der Waals surface area contributed by atoms with Crippen LogP contribution in [0.25, 0.3) is 0 Å². The van der Waals surface area contributed by atoms with E-state index in [-0.39, 0.29) is 5.91 Å². The van der Waals surface area contributed by atoms with Crippen molar-refractivity contribution in [3.63, 3.8) is 0 Å². The van der Waals surface area contributed by atoms with Gasteiger partial charge in [0.1, 0.15) is 0 Å². The summed E-state index contributed by atoms with van der Waals surface area (Å²) in [7, 11) is 0. The van der Waals surface area contributed by atoms with Crippen LogP contribution in [0.4, 0.5) is 0 Å². The maximum absolute atomic E-state index is 11.9. The molecule has 0 saturated carbocycles. The van der Waals surface area contributed by atoms with Crippen LogP contribution in [0.2, 0.25) is 0 Å². The number of carbonyl (C=O) groups is 1. The van der Waals surface area contributed by atoms with Crippen molar-refractivity contribution in [1.82, 2.24) is 15.6 Å². The number of pyridine rings is 2. The van der Waals surface area contributed by atoms with Crippen LogP contribution in [0.1, 0.15) is 22.8 Å². The first kappa shape index (κ1) is 18.3. The normalized spacial score (nSPS) is 11.6. The van der Waals surface area contributed by atoms with Crippen LogP contribution < -0.4 is 15.2 Å². The summed E-state index contributed by atoms with van der Waals surface area (Å²) in [5.74, 6) is -0.169. The molecule has 0 fully saturated rings. The number of amides is 1. The molecule has 2 heterocycles. The van der Waals surface area contributed by atoms with E-state index in [1.165, 1.54) is 6.20 Å². The van der Waals surface area contributed by atoms with E-state index in [2.05, 4.69) is 20.5 Å². The van der Waals surface area contributed by atoms with E-state index in [0.29, 0.717) is 25.2 Å². The third kappa shape index (κ3) is 6.51. The van der Waals surface area contributed by atoms with Crippen molar-refractivity contribution in [2.75, 3.05) is 6.54 Å². The lowest BCUT2D eigenvalue weighted by molar-refractivity contribution is -0.769. The number of nitrogens with zero attached hydrogens (tertiary/aromatic N) is 3. The molecule has 0 aromatic carbocycles. The molecule has 0 saturated heterocycles. The van der Waals surface area contributed by atoms with Crippen molar-refractivity contribution in [2.24, 2.45) is 0 Å². The van der Waals surface area contributed by atoms with E-state index in [4.69, 9.17) is 0 Å². The fraction of sp³-hybridized carbons (Fsp3) is 0.312. The molecule has 1 amide bonds. The highest BCUT2D eigenvalue weighted by molar-refractivity contribution is 5.93. The van der Waals surface area contributed by atoms with Gasteiger partial charge in [-0.05, 0) is 25.1 Å². The quantitative estimate of drug-likeness (QED) is 0.295. The Morgan fingerprint density at radius 2 is 2.28 bits per heavy atom. The molecular weight excluding hydrogens is 326 g/mol. The number of aromatic nitrogens is 2. The Morgan fingerprint density at radius 1 is 1.44 bits per heavy atom. The number of rotatable bonds is 9. The fourth-order valence-electron chi connectivity index (χ4n) is 2.15. The Kier molecular flexibility index (Phi) is 6.78. The summed E-state index contributed by atoms with van der Waals surface area (Å²) in [5, 5.41) is 15.2. The second kappa shape index (κ2) is 9.28. The summed E-state index contributed by atoms with van der Waals surface area (Å²) >= 11 is 0. The minimum Gasteiger partial charge on any atom is -0.346 e. The molecular formula is C16H20N5O4+. The van der Waals surface area contributed by atoms with E-state index < -0.39 is 11.3 Å². The highest BCUT2D eigenvalue weighted by atomic mass is 17.0. The summed E-state index contributed by atoms with van der Waals surface area (Å²) in [4.78, 5) is 30.5. The van der Waals surface area contributed by atoms with Gasteiger partial charge < -0.3 is 5.32 Å². The van der Waals surface area contributed by atoms with Crippen LogP contribution >= 0.6 is 0 Å². The van der Waals surface area contributed by atoms with Crippen molar-refractivity contribution in [3.05, 3.63) is 70.3 Å². The van der Waals surface area contributed by atoms with Gasteiger partial charge in [-0.2, -0.15) is 0 Å². The van der Waals surface area contributed by atoms with Gasteiger partial charge in [-0.3, -0.25) is 19.9 Å². The number of nitrogens with one attached hydrogen (secondary N) is 2. The highest BCUT2D eigenvalue weighted by Gasteiger charge is 2.09. The summed E-state index contributed by atoms with van der Waals surface area (Å²) < 4.78 is 1.93. The third-order valence-electron chi connectivity index (χ3n) is 3.34. The third-order valence-corrected chi connectivity index (χ3v) is 3.34. The molecule has 25 heavy (non-hydrogen) atoms. The van der Waals surface area contributed by atoms with Gasteiger partial charge in [-0.15, -0.1) is 10.1 Å². The van der Waals surface area contributed by atoms with Gasteiger partial charge in [0.15, 0.2) is 25.2 Å². The number of hydrogen-bond donors (Lipinski definition) is 2. The van der Waals surface area contributed by atoms with E-state index >= 15 is 0 Å². The van der Waals surface area contributed by atoms with Crippen molar-refractivity contribution < 1.29 is 19.3 Å². The van der Waals surface area contributed by atoms with Crippen molar-refractivity contribution in [3.8, 4) is 0 Å². The van der Waals surface area contributed by atoms with E-state index in [1.807, 2.05) is 29.1 Å². The molecule has 132 valence electrons. The summed E-state index contributed by atoms with van der Waals surface area (Å²) in [6.45, 7) is 3.06. The predicted molar refractivity (Wildman–Crippen MR) is 87.6 cm³/mol. The van der Waals surface area contributed by atoms with E-state index in [9.17, 15) is 14.9 Å². The molecule has 0 aliphatic rings. The summed E-state index contributed by atoms with van der Waals surface area (Å²) in [6, 6.07) is 7.19. The lowest BCUT2D eigenvalue weighted by Gasteiger charge is -2.10. The first-order chi connectivity index (χ1) is 12.0. The Hall–Kier alpha value is -3.07. The Balaban J connectivity index is 1.79. The second-order valence-electron chi connectivity index (χ2n) is 5.30. The van der Waals surface area contributed by atoms with Gasteiger partial charge in [0, 0.05) is 30.6 Å². The standard InChI is InChI=1S/C16H19N5O4/c1-13(25-21(23)24)19-10-14-4-3-8-20(12-14)9-7-18-16(22)15-5-2-6-17-11-15/h2-6,8,11-13,19H,7,9-10H2,1H3/p+1. The van der Waals surface area contributed by atoms with Gasteiger partial charge in [0.05, 0.1) is 12.1 Å². The second-order valence-corrected chi connectivity index (χ2v) is 5.30. The molecule has 2 N–H and O–H groups in total. The zero-order chi connectivity index (χ0) is 18.1. The Bertz CT molecular complexity index is 711. The van der Waals surface area contributed by atoms with Crippen LogP contribution in [-0.4, -0.2) is 28.8 Å². The van der Waals surface area contributed by atoms with Crippen LogP contribution in [0, 0.1) is 10.1 Å². The maximum Gasteiger partial charge on any atom is 0.296 e. The van der Waals surface area contributed by atoms with Gasteiger partial charge in [-0.25, -0.2) is 4.57 Å². The lowest BCUT2D eigenvalue weighted by Crippen LogP contribution is -2.41. The molecule has 0 radical (unpaired) electrons. The predicted octanol–water partition coefficient (Wildman–Crippen LogP) is 0.443. The van der Waals surface area contributed by atoms with E-state index in [0.717, 1.165) is 5.56 Å². The number of hydrogen-bond acceptors (Lipinski definition) is 6. The van der Waals surface area contributed by atoms with Crippen LogP contribution in [-0.2, 0) is 17.9 Å². The molecule has 2 aromatic rings. The molecule has 2 rings (SSSR count). The van der Waals surface area contributed by atoms with E-state index in [1.54, 1.807) is 25.3 Å². The number of carbonyl (C=O) groups excluding carboxylic acids is 1. The fourth-order valence-corrected chi connectivity index (χ4v) is 2.15. The monoisotopic (exact) mass is 346 g/mol. The molecule has 1 atom stereocenters. The molecule has 9 nitrogen and oxygen atoms in total. The minimum absolute atomic E-state index is 0.169. The van der Waals surface area contributed by atoms with Gasteiger partial charge >= 0.3 is 0 Å². The molecule has 9 heteroatoms. The Labute approximate surface area is 144 Å². The molecule has 0 aliphatic carbocycles. The maximum atomic E-state index is 11.9. The zero-order valence-corrected chi connectivity index (χ0v) is 13.8. The van der Waals surface area contributed by atoms with Gasteiger partial charge in [-0.1, -0.05) is 0 Å². The molecule has 1 unspecified atom stereocenters. The largest absolute Gasteiger partial charge is 0.346 e. The molecule has 0 bridgehead atoms.